The van der Waals surface area contributed by atoms with Gasteiger partial charge >= 0.3 is 0 Å². The molecule has 1 nitrogen and oxygen atoms in total. The second-order valence-electron chi connectivity index (χ2n) is 4.18. The van der Waals surface area contributed by atoms with Gasteiger partial charge in [-0.25, -0.2) is 4.39 Å². The van der Waals surface area contributed by atoms with Crippen molar-refractivity contribution in [2.24, 2.45) is 5.92 Å². The van der Waals surface area contributed by atoms with Crippen molar-refractivity contribution in [3.63, 3.8) is 0 Å². The highest BCUT2D eigenvalue weighted by Crippen LogP contribution is 2.08. The van der Waals surface area contributed by atoms with Crippen LogP contribution in [0.15, 0.2) is 24.3 Å². The normalized spacial score (nSPS) is 14.9. The molecule has 1 N–H and O–H groups in total. The van der Waals surface area contributed by atoms with Crippen molar-refractivity contribution in [2.75, 3.05) is 0 Å². The first-order valence-electron chi connectivity index (χ1n) is 5.61. The van der Waals surface area contributed by atoms with Crippen LogP contribution in [0.1, 0.15) is 32.8 Å². The number of nitrogens with one attached hydrogen (secondary N) is 1. The molecule has 0 aliphatic carbocycles. The maximum atomic E-state index is 12.6. The summed E-state index contributed by atoms with van der Waals surface area (Å²) in [6, 6.07) is 7.16. The molecular weight excluding hydrogens is 189 g/mol. The highest BCUT2D eigenvalue weighted by atomic mass is 19.1. The van der Waals surface area contributed by atoms with E-state index in [1.165, 1.54) is 18.6 Å². The Hall–Kier alpha value is -0.890. The average Bonchev–Trinajstić information content (AvgIpc) is 2.26. The Balaban J connectivity index is 2.40. The van der Waals surface area contributed by atoms with Crippen LogP contribution in [-0.2, 0) is 6.54 Å². The number of benzene rings is 1. The summed E-state index contributed by atoms with van der Waals surface area (Å²) >= 11 is 0. The third-order valence-electron chi connectivity index (χ3n) is 3.04. The topological polar surface area (TPSA) is 12.0 Å². The molecule has 0 saturated heterocycles. The van der Waals surface area contributed by atoms with Crippen LogP contribution in [0.2, 0.25) is 0 Å². The largest absolute Gasteiger partial charge is 0.310 e. The number of halogens is 1. The van der Waals surface area contributed by atoms with Crippen LogP contribution in [0, 0.1) is 11.7 Å². The molecule has 1 rings (SSSR count). The Morgan fingerprint density at radius 1 is 1.20 bits per heavy atom. The summed E-state index contributed by atoms with van der Waals surface area (Å²) in [5, 5.41) is 3.45. The molecule has 0 aromatic heterocycles. The maximum Gasteiger partial charge on any atom is 0.123 e. The van der Waals surface area contributed by atoms with E-state index in [0.717, 1.165) is 12.1 Å². The van der Waals surface area contributed by atoms with E-state index < -0.39 is 0 Å². The molecule has 0 bridgehead atoms. The molecule has 2 atom stereocenters. The van der Waals surface area contributed by atoms with E-state index in [4.69, 9.17) is 0 Å². The standard InChI is InChI=1S/C13H20FN/c1-4-10(2)11(3)15-9-12-5-7-13(14)8-6-12/h5-8,10-11,15H,4,9H2,1-3H3/t10-,11-/m0/s1. The lowest BCUT2D eigenvalue weighted by atomic mass is 10.0. The molecule has 0 spiro atoms. The van der Waals surface area contributed by atoms with Crippen molar-refractivity contribution in [1.82, 2.24) is 5.32 Å². The summed E-state index contributed by atoms with van der Waals surface area (Å²) < 4.78 is 12.6. The van der Waals surface area contributed by atoms with Gasteiger partial charge in [-0.05, 0) is 30.5 Å². The molecule has 15 heavy (non-hydrogen) atoms. The minimum Gasteiger partial charge on any atom is -0.310 e. The molecule has 0 unspecified atom stereocenters. The van der Waals surface area contributed by atoms with E-state index in [0.29, 0.717) is 12.0 Å². The average molecular weight is 209 g/mol. The van der Waals surface area contributed by atoms with E-state index in [2.05, 4.69) is 26.1 Å². The van der Waals surface area contributed by atoms with Gasteiger partial charge in [0.25, 0.3) is 0 Å². The van der Waals surface area contributed by atoms with Gasteiger partial charge in [-0.15, -0.1) is 0 Å². The summed E-state index contributed by atoms with van der Waals surface area (Å²) in [6.45, 7) is 7.44. The van der Waals surface area contributed by atoms with E-state index in [1.807, 2.05) is 12.1 Å². The van der Waals surface area contributed by atoms with Crippen molar-refractivity contribution in [3.05, 3.63) is 35.6 Å². The van der Waals surface area contributed by atoms with Crippen LogP contribution in [0.5, 0.6) is 0 Å². The lowest BCUT2D eigenvalue weighted by molar-refractivity contribution is 0.389. The molecule has 0 amide bonds. The van der Waals surface area contributed by atoms with Crippen LogP contribution < -0.4 is 5.32 Å². The molecule has 0 aliphatic rings. The first-order chi connectivity index (χ1) is 7.13. The monoisotopic (exact) mass is 209 g/mol. The molecule has 2 heteroatoms. The van der Waals surface area contributed by atoms with Gasteiger partial charge in [0.05, 0.1) is 0 Å². The molecule has 1 aromatic rings. The number of rotatable bonds is 5. The first-order valence-corrected chi connectivity index (χ1v) is 5.61. The molecule has 0 saturated carbocycles. The third kappa shape index (κ3) is 4.00. The zero-order valence-electron chi connectivity index (χ0n) is 9.76. The summed E-state index contributed by atoms with van der Waals surface area (Å²) in [5.74, 6) is 0.499. The smallest absolute Gasteiger partial charge is 0.123 e. The van der Waals surface area contributed by atoms with Crippen molar-refractivity contribution >= 4 is 0 Å². The zero-order chi connectivity index (χ0) is 11.3. The van der Waals surface area contributed by atoms with Gasteiger partial charge in [-0.1, -0.05) is 32.4 Å². The minimum absolute atomic E-state index is 0.172. The van der Waals surface area contributed by atoms with Crippen LogP contribution in [-0.4, -0.2) is 6.04 Å². The lowest BCUT2D eigenvalue weighted by Crippen LogP contribution is -2.31. The fraction of sp³-hybridized carbons (Fsp3) is 0.538. The van der Waals surface area contributed by atoms with Crippen LogP contribution in [0.3, 0.4) is 0 Å². The second kappa shape index (κ2) is 5.86. The second-order valence-corrected chi connectivity index (χ2v) is 4.18. The fourth-order valence-electron chi connectivity index (χ4n) is 1.44. The van der Waals surface area contributed by atoms with Gasteiger partial charge in [-0.2, -0.15) is 0 Å². The quantitative estimate of drug-likeness (QED) is 0.784. The van der Waals surface area contributed by atoms with Gasteiger partial charge < -0.3 is 5.32 Å². The van der Waals surface area contributed by atoms with Crippen molar-refractivity contribution in [2.45, 2.75) is 39.8 Å². The van der Waals surface area contributed by atoms with Crippen LogP contribution >= 0.6 is 0 Å². The first kappa shape index (κ1) is 12.2. The maximum absolute atomic E-state index is 12.6. The van der Waals surface area contributed by atoms with E-state index >= 15 is 0 Å². The lowest BCUT2D eigenvalue weighted by Gasteiger charge is -2.19. The minimum atomic E-state index is -0.172. The summed E-state index contributed by atoms with van der Waals surface area (Å²) in [7, 11) is 0. The fourth-order valence-corrected chi connectivity index (χ4v) is 1.44. The Morgan fingerprint density at radius 3 is 2.33 bits per heavy atom. The van der Waals surface area contributed by atoms with Crippen molar-refractivity contribution in [3.8, 4) is 0 Å². The highest BCUT2D eigenvalue weighted by molar-refractivity contribution is 5.15. The van der Waals surface area contributed by atoms with Gasteiger partial charge in [0, 0.05) is 12.6 Å². The predicted octanol–water partition coefficient (Wildman–Crippen LogP) is 3.35. The number of hydrogen-bond acceptors (Lipinski definition) is 1. The van der Waals surface area contributed by atoms with Gasteiger partial charge in [0.1, 0.15) is 5.82 Å². The van der Waals surface area contributed by atoms with Crippen LogP contribution in [0.25, 0.3) is 0 Å². The zero-order valence-corrected chi connectivity index (χ0v) is 9.76. The molecule has 84 valence electrons. The predicted molar refractivity (Wildman–Crippen MR) is 62.2 cm³/mol. The Labute approximate surface area is 91.7 Å². The molecule has 1 aromatic carbocycles. The Morgan fingerprint density at radius 2 is 1.80 bits per heavy atom. The molecule has 0 aliphatic heterocycles. The van der Waals surface area contributed by atoms with Crippen LogP contribution in [0.4, 0.5) is 4.39 Å². The molecule has 0 fully saturated rings. The molecule has 0 radical (unpaired) electrons. The third-order valence-corrected chi connectivity index (χ3v) is 3.04. The summed E-state index contributed by atoms with van der Waals surface area (Å²) in [6.07, 6.45) is 1.18. The van der Waals surface area contributed by atoms with E-state index in [-0.39, 0.29) is 5.82 Å². The van der Waals surface area contributed by atoms with Crippen molar-refractivity contribution < 1.29 is 4.39 Å². The van der Waals surface area contributed by atoms with E-state index in [1.54, 1.807) is 0 Å². The Bertz CT molecular complexity index is 281. The van der Waals surface area contributed by atoms with Gasteiger partial charge in [0.2, 0.25) is 0 Å². The van der Waals surface area contributed by atoms with E-state index in [9.17, 15) is 4.39 Å². The SMILES string of the molecule is CC[C@H](C)[C@H](C)NCc1ccc(F)cc1. The summed E-state index contributed by atoms with van der Waals surface area (Å²) in [4.78, 5) is 0. The van der Waals surface area contributed by atoms with Gasteiger partial charge in [0.15, 0.2) is 0 Å². The van der Waals surface area contributed by atoms with Gasteiger partial charge in [-0.3, -0.25) is 0 Å². The number of hydrogen-bond donors (Lipinski definition) is 1. The Kier molecular flexibility index (Phi) is 4.76. The highest BCUT2D eigenvalue weighted by Gasteiger charge is 2.08. The molecular formula is C13H20FN. The molecule has 0 heterocycles. The van der Waals surface area contributed by atoms with Crippen molar-refractivity contribution in [1.29, 1.82) is 0 Å². The summed E-state index contributed by atoms with van der Waals surface area (Å²) in [5.41, 5.74) is 1.13.